The molecule has 4 heteroatoms. The van der Waals surface area contributed by atoms with Gasteiger partial charge in [0.1, 0.15) is 5.76 Å². The molecule has 0 aromatic heterocycles. The van der Waals surface area contributed by atoms with Crippen molar-refractivity contribution in [3.05, 3.63) is 76.1 Å². The molecule has 1 atom stereocenters. The lowest BCUT2D eigenvalue weighted by Gasteiger charge is -2.38. The Morgan fingerprint density at radius 2 is 1.65 bits per heavy atom. The zero-order valence-electron chi connectivity index (χ0n) is 14.8. The molecular formula is C22H24INO2. The number of anilines is 1. The Bertz CT molecular complexity index is 769. The van der Waals surface area contributed by atoms with Crippen LogP contribution in [0.25, 0.3) is 0 Å². The van der Waals surface area contributed by atoms with E-state index in [0.717, 1.165) is 34.9 Å². The van der Waals surface area contributed by atoms with Crippen molar-refractivity contribution in [3.63, 3.8) is 0 Å². The second kappa shape index (κ2) is 8.71. The molecule has 1 unspecified atom stereocenters. The van der Waals surface area contributed by atoms with Crippen molar-refractivity contribution in [2.24, 2.45) is 5.92 Å². The average Bonchev–Trinajstić information content (AvgIpc) is 2.67. The molecule has 0 heterocycles. The molecule has 0 saturated heterocycles. The fraction of sp³-hybridized carbons (Fsp3) is 0.318. The van der Waals surface area contributed by atoms with Crippen LogP contribution in [0.1, 0.15) is 42.5 Å². The minimum Gasteiger partial charge on any atom is -0.511 e. The van der Waals surface area contributed by atoms with E-state index in [1.54, 1.807) is 4.90 Å². The van der Waals surface area contributed by atoms with Crippen molar-refractivity contribution >= 4 is 34.2 Å². The summed E-state index contributed by atoms with van der Waals surface area (Å²) < 4.78 is 0.905. The Morgan fingerprint density at radius 3 is 2.27 bits per heavy atom. The molecule has 3 rings (SSSR count). The van der Waals surface area contributed by atoms with Gasteiger partial charge in [-0.3, -0.25) is 9.69 Å². The van der Waals surface area contributed by atoms with Crippen LogP contribution in [0.3, 0.4) is 0 Å². The van der Waals surface area contributed by atoms with Gasteiger partial charge in [-0.2, -0.15) is 0 Å². The third-order valence-electron chi connectivity index (χ3n) is 5.07. The molecule has 0 spiro atoms. The number of amides is 1. The third-order valence-corrected chi connectivity index (χ3v) is 6.01. The van der Waals surface area contributed by atoms with Crippen molar-refractivity contribution in [1.82, 2.24) is 0 Å². The summed E-state index contributed by atoms with van der Waals surface area (Å²) in [6.07, 6.45) is 5.50. The number of nitrogens with zero attached hydrogens (tertiary/aromatic N) is 1. The molecule has 2 aromatic carbocycles. The highest BCUT2D eigenvalue weighted by Gasteiger charge is 2.35. The Morgan fingerprint density at radius 1 is 1.04 bits per heavy atom. The molecule has 26 heavy (non-hydrogen) atoms. The Kier molecular flexibility index (Phi) is 6.35. The van der Waals surface area contributed by atoms with Gasteiger partial charge < -0.3 is 5.11 Å². The largest absolute Gasteiger partial charge is 0.511 e. The number of carbonyl (C=O) groups excluding carboxylic acids is 1. The summed E-state index contributed by atoms with van der Waals surface area (Å²) in [6, 6.07) is 16.8. The molecule has 0 bridgehead atoms. The molecule has 1 saturated carbocycles. The van der Waals surface area contributed by atoms with E-state index in [1.165, 1.54) is 6.42 Å². The van der Waals surface area contributed by atoms with Crippen LogP contribution in [0.15, 0.2) is 66.9 Å². The summed E-state index contributed by atoms with van der Waals surface area (Å²) in [5, 5.41) is 10.5. The monoisotopic (exact) mass is 461 g/mol. The Hall–Kier alpha value is -1.82. The lowest BCUT2D eigenvalue weighted by Crippen LogP contribution is -2.46. The van der Waals surface area contributed by atoms with E-state index < -0.39 is 6.04 Å². The van der Waals surface area contributed by atoms with Gasteiger partial charge in [-0.1, -0.05) is 56.2 Å². The number of rotatable bonds is 5. The summed E-state index contributed by atoms with van der Waals surface area (Å²) in [6.45, 7) is 3.84. The number of aliphatic hydroxyl groups excluding tert-OH is 1. The van der Waals surface area contributed by atoms with Gasteiger partial charge in [0, 0.05) is 9.26 Å². The van der Waals surface area contributed by atoms with Gasteiger partial charge in [0.15, 0.2) is 0 Å². The lowest BCUT2D eigenvalue weighted by molar-refractivity contribution is 0.0957. The van der Waals surface area contributed by atoms with E-state index in [0.29, 0.717) is 5.56 Å². The second-order valence-electron chi connectivity index (χ2n) is 6.82. The van der Waals surface area contributed by atoms with Crippen LogP contribution in [-0.2, 0) is 0 Å². The smallest absolute Gasteiger partial charge is 0.260 e. The van der Waals surface area contributed by atoms with Crippen molar-refractivity contribution in [3.8, 4) is 0 Å². The molecule has 0 radical (unpaired) electrons. The summed E-state index contributed by atoms with van der Waals surface area (Å²) in [5.74, 6) is 0.207. The Labute approximate surface area is 168 Å². The van der Waals surface area contributed by atoms with Crippen molar-refractivity contribution in [1.29, 1.82) is 0 Å². The molecule has 1 amide bonds. The SMILES string of the molecule is C=C(O)C(C1CCCCC1)N(C(=O)c1ccccc1I)c1ccccc1. The molecule has 1 aliphatic rings. The molecule has 136 valence electrons. The molecule has 1 aliphatic carbocycles. The Balaban J connectivity index is 2.06. The van der Waals surface area contributed by atoms with Crippen LogP contribution >= 0.6 is 22.6 Å². The zero-order valence-corrected chi connectivity index (χ0v) is 16.9. The van der Waals surface area contributed by atoms with E-state index in [1.807, 2.05) is 54.6 Å². The van der Waals surface area contributed by atoms with Crippen LogP contribution in [-0.4, -0.2) is 17.1 Å². The van der Waals surface area contributed by atoms with Gasteiger partial charge in [-0.15, -0.1) is 0 Å². The predicted octanol–water partition coefficient (Wildman–Crippen LogP) is 5.96. The number of carbonyl (C=O) groups is 1. The second-order valence-corrected chi connectivity index (χ2v) is 7.99. The number of halogens is 1. The van der Waals surface area contributed by atoms with E-state index >= 15 is 0 Å². The molecule has 0 aliphatic heterocycles. The fourth-order valence-corrected chi connectivity index (χ4v) is 4.46. The van der Waals surface area contributed by atoms with Gasteiger partial charge in [0.05, 0.1) is 11.6 Å². The topological polar surface area (TPSA) is 40.5 Å². The first-order valence-electron chi connectivity index (χ1n) is 9.10. The molecule has 1 N–H and O–H groups in total. The van der Waals surface area contributed by atoms with Gasteiger partial charge >= 0.3 is 0 Å². The molecule has 2 aromatic rings. The van der Waals surface area contributed by atoms with Crippen LogP contribution in [0.2, 0.25) is 0 Å². The van der Waals surface area contributed by atoms with Crippen LogP contribution in [0, 0.1) is 9.49 Å². The first-order valence-corrected chi connectivity index (χ1v) is 10.2. The van der Waals surface area contributed by atoms with Gasteiger partial charge in [-0.05, 0) is 65.6 Å². The standard InChI is InChI=1S/C22H24INO2/c1-16(25)21(17-10-4-2-5-11-17)24(18-12-6-3-7-13-18)22(26)19-14-8-9-15-20(19)23/h3,6-9,12-15,17,21,25H,1-2,4-5,10-11H2. The van der Waals surface area contributed by atoms with Crippen molar-refractivity contribution in [2.75, 3.05) is 4.90 Å². The lowest BCUT2D eigenvalue weighted by atomic mass is 9.82. The highest BCUT2D eigenvalue weighted by atomic mass is 127. The quantitative estimate of drug-likeness (QED) is 0.441. The summed E-state index contributed by atoms with van der Waals surface area (Å²) >= 11 is 2.19. The maximum atomic E-state index is 13.5. The molecule has 1 fully saturated rings. The van der Waals surface area contributed by atoms with E-state index in [2.05, 4.69) is 29.2 Å². The van der Waals surface area contributed by atoms with Gasteiger partial charge in [0.25, 0.3) is 5.91 Å². The van der Waals surface area contributed by atoms with Crippen molar-refractivity contribution in [2.45, 2.75) is 38.1 Å². The van der Waals surface area contributed by atoms with Gasteiger partial charge in [0.2, 0.25) is 0 Å². The van der Waals surface area contributed by atoms with Crippen molar-refractivity contribution < 1.29 is 9.90 Å². The number of benzene rings is 2. The average molecular weight is 461 g/mol. The van der Waals surface area contributed by atoms with E-state index in [4.69, 9.17) is 0 Å². The van der Waals surface area contributed by atoms with Gasteiger partial charge in [-0.25, -0.2) is 0 Å². The first kappa shape index (κ1) is 19.0. The molecule has 3 nitrogen and oxygen atoms in total. The molecular weight excluding hydrogens is 437 g/mol. The minimum atomic E-state index is -0.402. The highest BCUT2D eigenvalue weighted by molar-refractivity contribution is 14.1. The van der Waals surface area contributed by atoms with E-state index in [-0.39, 0.29) is 17.6 Å². The summed E-state index contributed by atoms with van der Waals surface area (Å²) in [5.41, 5.74) is 1.45. The van der Waals surface area contributed by atoms with Crippen LogP contribution < -0.4 is 4.90 Å². The predicted molar refractivity (Wildman–Crippen MR) is 115 cm³/mol. The van der Waals surface area contributed by atoms with Crippen LogP contribution in [0.4, 0.5) is 5.69 Å². The maximum absolute atomic E-state index is 13.5. The minimum absolute atomic E-state index is 0.0695. The summed E-state index contributed by atoms with van der Waals surface area (Å²) in [4.78, 5) is 15.3. The third kappa shape index (κ3) is 4.11. The summed E-state index contributed by atoms with van der Waals surface area (Å²) in [7, 11) is 0. The normalized spacial score (nSPS) is 16.0. The number of hydrogen-bond acceptors (Lipinski definition) is 2. The first-order chi connectivity index (χ1) is 12.6. The number of hydrogen-bond donors (Lipinski definition) is 1. The highest BCUT2D eigenvalue weighted by Crippen LogP contribution is 2.35. The van der Waals surface area contributed by atoms with E-state index in [9.17, 15) is 9.90 Å². The zero-order chi connectivity index (χ0) is 18.5. The maximum Gasteiger partial charge on any atom is 0.260 e. The number of aliphatic hydroxyl groups is 1. The number of para-hydroxylation sites is 1. The fourth-order valence-electron chi connectivity index (χ4n) is 3.84. The van der Waals surface area contributed by atoms with Crippen LogP contribution in [0.5, 0.6) is 0 Å².